The maximum atomic E-state index is 13.2. The molecule has 182 valence electrons. The van der Waals surface area contributed by atoms with Crippen molar-refractivity contribution in [1.29, 1.82) is 5.26 Å². The fraction of sp³-hybridized carbons (Fsp3) is 0.296. The van der Waals surface area contributed by atoms with Crippen LogP contribution in [0.5, 0.6) is 5.75 Å². The van der Waals surface area contributed by atoms with Crippen LogP contribution < -0.4 is 9.64 Å². The Morgan fingerprint density at radius 3 is 2.64 bits per heavy atom. The molecule has 3 aromatic heterocycles. The number of rotatable bonds is 6. The number of ether oxygens (including phenoxy) is 1. The van der Waals surface area contributed by atoms with E-state index in [0.29, 0.717) is 17.9 Å². The molecule has 2 fully saturated rings. The lowest BCUT2D eigenvalue weighted by Gasteiger charge is -2.33. The molecule has 0 aliphatic carbocycles. The van der Waals surface area contributed by atoms with Gasteiger partial charge in [-0.25, -0.2) is 18.2 Å². The second-order valence-corrected chi connectivity index (χ2v) is 10.3. The van der Waals surface area contributed by atoms with E-state index in [1.165, 1.54) is 12.1 Å². The number of fused-ring (bicyclic) bond motifs is 1. The Morgan fingerprint density at radius 1 is 1.14 bits per heavy atom. The number of pyridine rings is 2. The molecule has 4 aromatic rings. The maximum absolute atomic E-state index is 13.2. The first kappa shape index (κ1) is 22.8. The van der Waals surface area contributed by atoms with Gasteiger partial charge in [0.25, 0.3) is 0 Å². The molecular weight excluding hydrogens is 475 g/mol. The number of benzene rings is 1. The van der Waals surface area contributed by atoms with Crippen molar-refractivity contribution in [2.45, 2.75) is 30.2 Å². The number of nitrogens with zero attached hydrogens (tertiary/aromatic N) is 6. The van der Waals surface area contributed by atoms with Gasteiger partial charge in [0, 0.05) is 47.4 Å². The van der Waals surface area contributed by atoms with Gasteiger partial charge in [0.1, 0.15) is 23.5 Å². The largest absolute Gasteiger partial charge is 0.492 e. The summed E-state index contributed by atoms with van der Waals surface area (Å²) in [5.74, 6) is 1.46. The minimum Gasteiger partial charge on any atom is -0.492 e. The summed E-state index contributed by atoms with van der Waals surface area (Å²) < 4.78 is 23.0. The molecule has 7 nitrogen and oxygen atoms in total. The number of nitriles is 1. The van der Waals surface area contributed by atoms with Gasteiger partial charge in [-0.3, -0.25) is 0 Å². The van der Waals surface area contributed by atoms with E-state index in [1.807, 2.05) is 31.3 Å². The van der Waals surface area contributed by atoms with Gasteiger partial charge < -0.3 is 9.64 Å². The standard InChI is InChI=1S/C27H25FN6OS/c1-2-35-22-13-24(26-20(14-29)16-31-33(26)17-22)19-3-8-25(30-15-19)32-11-9-27(10-12-32)18-34(27)36-23-6-4-21(28)5-7-23/h3-8,13,15-17H,2,9-12,18H2,1H3. The van der Waals surface area contributed by atoms with E-state index in [2.05, 4.69) is 32.5 Å². The van der Waals surface area contributed by atoms with Crippen LogP contribution in [0.4, 0.5) is 10.2 Å². The maximum Gasteiger partial charge on any atom is 0.138 e. The lowest BCUT2D eigenvalue weighted by atomic mass is 9.97. The molecule has 2 aliphatic rings. The highest BCUT2D eigenvalue weighted by Crippen LogP contribution is 2.49. The summed E-state index contributed by atoms with van der Waals surface area (Å²) in [4.78, 5) is 8.19. The average Bonchev–Trinajstić information content (AvgIpc) is 3.37. The van der Waals surface area contributed by atoms with Crippen molar-refractivity contribution in [1.82, 2.24) is 18.9 Å². The number of anilines is 1. The Labute approximate surface area is 213 Å². The van der Waals surface area contributed by atoms with Crippen LogP contribution in [0.15, 0.2) is 66.0 Å². The van der Waals surface area contributed by atoms with Gasteiger partial charge in [-0.05, 0) is 74.2 Å². The lowest BCUT2D eigenvalue weighted by Crippen LogP contribution is -2.39. The fourth-order valence-electron chi connectivity index (χ4n) is 4.92. The van der Waals surface area contributed by atoms with Crippen LogP contribution in [0.1, 0.15) is 25.3 Å². The Kier molecular flexibility index (Phi) is 5.78. The van der Waals surface area contributed by atoms with Crippen LogP contribution in [-0.4, -0.2) is 50.7 Å². The number of halogens is 1. The molecule has 0 bridgehead atoms. The molecular formula is C27H25FN6OS. The van der Waals surface area contributed by atoms with Crippen LogP contribution in [0.25, 0.3) is 16.6 Å². The van der Waals surface area contributed by atoms with Gasteiger partial charge in [-0.2, -0.15) is 10.4 Å². The van der Waals surface area contributed by atoms with Crippen LogP contribution in [0.3, 0.4) is 0 Å². The van der Waals surface area contributed by atoms with E-state index in [0.717, 1.165) is 59.8 Å². The van der Waals surface area contributed by atoms with Crippen LogP contribution in [0.2, 0.25) is 0 Å². The molecule has 0 amide bonds. The zero-order valence-electron chi connectivity index (χ0n) is 19.9. The van der Waals surface area contributed by atoms with E-state index in [4.69, 9.17) is 9.72 Å². The molecule has 0 N–H and O–H groups in total. The number of aromatic nitrogens is 3. The second kappa shape index (κ2) is 9.12. The normalized spacial score (nSPS) is 18.4. The third kappa shape index (κ3) is 4.16. The van der Waals surface area contributed by atoms with Gasteiger partial charge in [-0.15, -0.1) is 0 Å². The van der Waals surface area contributed by atoms with Crippen molar-refractivity contribution in [3.05, 3.63) is 72.4 Å². The minimum absolute atomic E-state index is 0.200. The van der Waals surface area contributed by atoms with E-state index in [-0.39, 0.29) is 11.4 Å². The van der Waals surface area contributed by atoms with Gasteiger partial charge >= 0.3 is 0 Å². The predicted molar refractivity (Wildman–Crippen MR) is 137 cm³/mol. The molecule has 1 aromatic carbocycles. The summed E-state index contributed by atoms with van der Waals surface area (Å²) >= 11 is 1.72. The highest BCUT2D eigenvalue weighted by molar-refractivity contribution is 7.97. The Morgan fingerprint density at radius 2 is 1.94 bits per heavy atom. The summed E-state index contributed by atoms with van der Waals surface area (Å²) in [5, 5.41) is 13.9. The molecule has 5 heterocycles. The van der Waals surface area contributed by atoms with Gasteiger partial charge in [0.2, 0.25) is 0 Å². The topological polar surface area (TPSA) is 69.5 Å². The molecule has 2 saturated heterocycles. The molecule has 36 heavy (non-hydrogen) atoms. The Bertz CT molecular complexity index is 1440. The van der Waals surface area contributed by atoms with Crippen molar-refractivity contribution in [2.75, 3.05) is 31.1 Å². The molecule has 9 heteroatoms. The fourth-order valence-corrected chi connectivity index (χ4v) is 6.11. The number of hydrogen-bond donors (Lipinski definition) is 0. The van der Waals surface area contributed by atoms with Crippen molar-refractivity contribution in [3.8, 4) is 22.9 Å². The van der Waals surface area contributed by atoms with Crippen molar-refractivity contribution < 1.29 is 9.13 Å². The zero-order chi connectivity index (χ0) is 24.7. The van der Waals surface area contributed by atoms with Crippen molar-refractivity contribution in [3.63, 3.8) is 0 Å². The first-order valence-corrected chi connectivity index (χ1v) is 12.8. The van der Waals surface area contributed by atoms with Crippen LogP contribution >= 0.6 is 11.9 Å². The SMILES string of the molecule is CCOc1cc(-c2ccc(N3CCC4(CC3)CN4Sc3ccc(F)cc3)nc2)c2c(C#N)cnn2c1. The predicted octanol–water partition coefficient (Wildman–Crippen LogP) is 5.17. The summed E-state index contributed by atoms with van der Waals surface area (Å²) in [7, 11) is 0. The smallest absolute Gasteiger partial charge is 0.138 e. The average molecular weight is 501 g/mol. The summed E-state index contributed by atoms with van der Waals surface area (Å²) in [5.41, 5.74) is 3.29. The summed E-state index contributed by atoms with van der Waals surface area (Å²) in [6, 6.07) is 15.0. The minimum atomic E-state index is -0.200. The third-order valence-corrected chi connectivity index (χ3v) is 8.21. The first-order valence-electron chi connectivity index (χ1n) is 12.1. The Balaban J connectivity index is 1.16. The van der Waals surface area contributed by atoms with Crippen LogP contribution in [0, 0.1) is 17.1 Å². The second-order valence-electron chi connectivity index (χ2n) is 9.18. The van der Waals surface area contributed by atoms with Crippen molar-refractivity contribution in [2.24, 2.45) is 0 Å². The van der Waals surface area contributed by atoms with Gasteiger partial charge in [-0.1, -0.05) is 0 Å². The van der Waals surface area contributed by atoms with Crippen molar-refractivity contribution >= 4 is 23.3 Å². The molecule has 1 spiro atoms. The molecule has 6 rings (SSSR count). The highest BCUT2D eigenvalue weighted by atomic mass is 32.2. The first-order chi connectivity index (χ1) is 17.6. The van der Waals surface area contributed by atoms with E-state index < -0.39 is 0 Å². The van der Waals surface area contributed by atoms with E-state index >= 15 is 0 Å². The monoisotopic (exact) mass is 500 g/mol. The zero-order valence-corrected chi connectivity index (χ0v) is 20.7. The third-order valence-electron chi connectivity index (χ3n) is 6.99. The lowest BCUT2D eigenvalue weighted by molar-refractivity contribution is 0.338. The summed E-state index contributed by atoms with van der Waals surface area (Å²) in [6.07, 6.45) is 7.39. The van der Waals surface area contributed by atoms with E-state index in [9.17, 15) is 9.65 Å². The molecule has 0 radical (unpaired) electrons. The highest BCUT2D eigenvalue weighted by Gasteiger charge is 2.53. The Hall–Kier alpha value is -3.61. The number of hydrogen-bond acceptors (Lipinski definition) is 7. The molecule has 0 saturated carbocycles. The molecule has 1 unspecified atom stereocenters. The van der Waals surface area contributed by atoms with E-state index in [1.54, 1.807) is 28.9 Å². The van der Waals surface area contributed by atoms with Gasteiger partial charge in [0.15, 0.2) is 0 Å². The molecule has 1 atom stereocenters. The summed E-state index contributed by atoms with van der Waals surface area (Å²) in [6.45, 7) is 5.43. The van der Waals surface area contributed by atoms with Crippen LogP contribution in [-0.2, 0) is 0 Å². The number of piperidine rings is 1. The quantitative estimate of drug-likeness (QED) is 0.267. The van der Waals surface area contributed by atoms with Gasteiger partial charge in [0.05, 0.1) is 30.1 Å². The molecule has 2 aliphatic heterocycles.